The van der Waals surface area contributed by atoms with E-state index >= 15 is 0 Å². The molecule has 6 nitrogen and oxygen atoms in total. The van der Waals surface area contributed by atoms with Crippen molar-refractivity contribution in [2.24, 2.45) is 0 Å². The van der Waals surface area contributed by atoms with Crippen LogP contribution in [0.4, 0.5) is 14.7 Å². The zero-order valence-corrected chi connectivity index (χ0v) is 14.0. The lowest BCUT2D eigenvalue weighted by molar-refractivity contribution is 0.606. The molecule has 0 bridgehead atoms. The molecule has 0 fully saturated rings. The van der Waals surface area contributed by atoms with Gasteiger partial charge in [0.25, 0.3) is 5.71 Å². The Bertz CT molecular complexity index is 1100. The summed E-state index contributed by atoms with van der Waals surface area (Å²) in [6.07, 6.45) is 0. The van der Waals surface area contributed by atoms with E-state index in [4.69, 9.17) is 21.8 Å². The summed E-state index contributed by atoms with van der Waals surface area (Å²) in [4.78, 5) is 12.6. The number of nitrogen functional groups attached to an aromatic ring is 1. The van der Waals surface area contributed by atoms with Crippen LogP contribution in [0.5, 0.6) is 0 Å². The number of nitrogens with zero attached hydrogens (tertiary/aromatic N) is 3. The molecule has 0 amide bonds. The monoisotopic (exact) mass is 375 g/mol. The fraction of sp³-hybridized carbons (Fsp3) is 0. The van der Waals surface area contributed by atoms with Crippen molar-refractivity contribution < 1.29 is 13.2 Å². The van der Waals surface area contributed by atoms with Crippen LogP contribution in [0.2, 0.25) is 5.02 Å². The molecule has 0 spiro atoms. The zero-order valence-electron chi connectivity index (χ0n) is 13.2. The van der Waals surface area contributed by atoms with Crippen molar-refractivity contribution in [3.05, 3.63) is 59.1 Å². The van der Waals surface area contributed by atoms with Crippen LogP contribution in [0.15, 0.2) is 46.9 Å². The summed E-state index contributed by atoms with van der Waals surface area (Å²) in [5.41, 5.74) is 7.69. The van der Waals surface area contributed by atoms with Crippen LogP contribution >= 0.6 is 11.6 Å². The van der Waals surface area contributed by atoms with Crippen molar-refractivity contribution in [2.75, 3.05) is 5.73 Å². The molecule has 0 atom stereocenters. The summed E-state index contributed by atoms with van der Waals surface area (Å²) in [6.45, 7) is 0. The number of fused-ring (bicyclic) bond motifs is 1. The number of nitrogens with two attached hydrogens (primary N) is 1. The summed E-state index contributed by atoms with van der Waals surface area (Å²) in [6, 6.07) is 9.81. The van der Waals surface area contributed by atoms with Crippen LogP contribution < -0.4 is 11.9 Å². The summed E-state index contributed by atoms with van der Waals surface area (Å²) < 4.78 is 32.1. The zero-order chi connectivity index (χ0) is 17.6. The minimum absolute atomic E-state index is 0. The van der Waals surface area contributed by atoms with Gasteiger partial charge < -0.3 is 16.3 Å². The van der Waals surface area contributed by atoms with E-state index in [0.29, 0.717) is 22.3 Å². The summed E-state index contributed by atoms with van der Waals surface area (Å²) in [5, 5.41) is -0.0508. The lowest BCUT2D eigenvalue weighted by atomic mass is 10.1. The van der Waals surface area contributed by atoms with E-state index in [9.17, 15) is 8.78 Å². The molecule has 4 rings (SSSR count). The number of rotatable bonds is 2. The van der Waals surface area contributed by atoms with E-state index in [1.807, 2.05) is 0 Å². The van der Waals surface area contributed by atoms with Gasteiger partial charge in [-0.2, -0.15) is 4.98 Å². The fourth-order valence-corrected chi connectivity index (χ4v) is 2.58. The van der Waals surface area contributed by atoms with Gasteiger partial charge in [0.1, 0.15) is 17.3 Å². The quantitative estimate of drug-likeness (QED) is 0.528. The fourth-order valence-electron chi connectivity index (χ4n) is 2.40. The smallest absolute Gasteiger partial charge is 0.252 e. The highest BCUT2D eigenvalue weighted by Crippen LogP contribution is 2.32. The maximum absolute atomic E-state index is 13.4. The van der Waals surface area contributed by atoms with Crippen molar-refractivity contribution in [3.8, 4) is 22.7 Å². The van der Waals surface area contributed by atoms with E-state index in [1.165, 1.54) is 42.5 Å². The number of aromatic nitrogens is 3. The first-order valence-corrected chi connectivity index (χ1v) is 7.54. The lowest BCUT2D eigenvalue weighted by Gasteiger charge is -2.03. The van der Waals surface area contributed by atoms with Crippen LogP contribution in [0.25, 0.3) is 33.9 Å². The Labute approximate surface area is 151 Å². The standard InChI is InChI=1S/C17H9ClF2N4O.H3N/c18-11-7-9(3-6-12(11)20)13-14-16(24-17(21)23-13)25-15(22-14)8-1-4-10(19)5-2-8;/h1-7H,(H2,21,23,24);1H3. The Hall–Kier alpha value is -3.10. The molecule has 2 aromatic heterocycles. The number of hydrogen-bond donors (Lipinski definition) is 2. The number of halogens is 3. The molecule has 0 aliphatic rings. The molecule has 5 N–H and O–H groups in total. The molecular formula is C17H12ClF2N5O. The molecular weight excluding hydrogens is 364 g/mol. The second kappa shape index (κ2) is 6.66. The summed E-state index contributed by atoms with van der Waals surface area (Å²) in [5.74, 6) is -0.699. The predicted molar refractivity (Wildman–Crippen MR) is 94.8 cm³/mol. The third-order valence-electron chi connectivity index (χ3n) is 3.56. The average Bonchev–Trinajstić information content (AvgIpc) is 3.01. The molecule has 0 radical (unpaired) electrons. The predicted octanol–water partition coefficient (Wildman–Crippen LogP) is 4.63. The Kier molecular flexibility index (Phi) is 4.54. The molecule has 0 saturated carbocycles. The van der Waals surface area contributed by atoms with Crippen molar-refractivity contribution >= 4 is 28.8 Å². The first-order chi connectivity index (χ1) is 12.0. The van der Waals surface area contributed by atoms with E-state index in [0.717, 1.165) is 0 Å². The van der Waals surface area contributed by atoms with E-state index < -0.39 is 5.82 Å². The van der Waals surface area contributed by atoms with Crippen molar-refractivity contribution in [1.29, 1.82) is 0 Å². The first-order valence-electron chi connectivity index (χ1n) is 7.16. The summed E-state index contributed by atoms with van der Waals surface area (Å²) >= 11 is 5.84. The molecule has 0 unspecified atom stereocenters. The van der Waals surface area contributed by atoms with Crippen LogP contribution in [-0.4, -0.2) is 15.0 Å². The molecule has 132 valence electrons. The number of oxazole rings is 1. The molecule has 4 aromatic rings. The van der Waals surface area contributed by atoms with Crippen molar-refractivity contribution in [2.45, 2.75) is 0 Å². The first kappa shape index (κ1) is 17.7. The van der Waals surface area contributed by atoms with Gasteiger partial charge in [-0.05, 0) is 42.5 Å². The second-order valence-electron chi connectivity index (χ2n) is 5.24. The molecule has 26 heavy (non-hydrogen) atoms. The molecule has 0 saturated heterocycles. The average molecular weight is 376 g/mol. The van der Waals surface area contributed by atoms with Gasteiger partial charge in [-0.1, -0.05) is 11.6 Å². The minimum atomic E-state index is -0.546. The lowest BCUT2D eigenvalue weighted by Crippen LogP contribution is -1.97. The van der Waals surface area contributed by atoms with Gasteiger partial charge in [-0.15, -0.1) is 0 Å². The molecule has 0 aliphatic carbocycles. The largest absolute Gasteiger partial charge is 0.417 e. The van der Waals surface area contributed by atoms with Crippen molar-refractivity contribution in [1.82, 2.24) is 21.1 Å². The highest BCUT2D eigenvalue weighted by Gasteiger charge is 2.17. The molecule has 9 heteroatoms. The maximum Gasteiger partial charge on any atom is 0.252 e. The van der Waals surface area contributed by atoms with Gasteiger partial charge in [0.2, 0.25) is 11.8 Å². The topological polar surface area (TPSA) is 113 Å². The molecule has 0 aliphatic heterocycles. The Morgan fingerprint density at radius 1 is 0.923 bits per heavy atom. The van der Waals surface area contributed by atoms with Crippen molar-refractivity contribution in [3.63, 3.8) is 0 Å². The SMILES string of the molecule is N.Nc1nc(-c2ccc(F)c(Cl)c2)c2nc(-c3ccc(F)cc3)oc2n1. The number of hydrogen-bond acceptors (Lipinski definition) is 6. The van der Waals surface area contributed by atoms with Gasteiger partial charge >= 0.3 is 0 Å². The number of anilines is 1. The van der Waals surface area contributed by atoms with Gasteiger partial charge in [0.15, 0.2) is 5.52 Å². The molecule has 2 heterocycles. The highest BCUT2D eigenvalue weighted by molar-refractivity contribution is 6.31. The minimum Gasteiger partial charge on any atom is -0.417 e. The third kappa shape index (κ3) is 3.07. The maximum atomic E-state index is 13.4. The third-order valence-corrected chi connectivity index (χ3v) is 3.85. The van der Waals surface area contributed by atoms with E-state index in [2.05, 4.69) is 15.0 Å². The Morgan fingerprint density at radius 2 is 1.62 bits per heavy atom. The van der Waals surface area contributed by atoms with Crippen LogP contribution in [0, 0.1) is 11.6 Å². The van der Waals surface area contributed by atoms with Crippen LogP contribution in [0.1, 0.15) is 0 Å². The van der Waals surface area contributed by atoms with E-state index in [1.54, 1.807) is 0 Å². The second-order valence-corrected chi connectivity index (χ2v) is 5.65. The Balaban J connectivity index is 0.00000196. The van der Waals surface area contributed by atoms with Gasteiger partial charge in [0, 0.05) is 11.1 Å². The van der Waals surface area contributed by atoms with Crippen LogP contribution in [0.3, 0.4) is 0 Å². The van der Waals surface area contributed by atoms with Gasteiger partial charge in [-0.25, -0.2) is 18.7 Å². The Morgan fingerprint density at radius 3 is 2.31 bits per heavy atom. The molecule has 2 aromatic carbocycles. The summed E-state index contributed by atoms with van der Waals surface area (Å²) in [7, 11) is 0. The highest BCUT2D eigenvalue weighted by atomic mass is 35.5. The van der Waals surface area contributed by atoms with Gasteiger partial charge in [0.05, 0.1) is 5.02 Å². The van der Waals surface area contributed by atoms with E-state index in [-0.39, 0.29) is 34.5 Å². The van der Waals surface area contributed by atoms with Crippen LogP contribution in [-0.2, 0) is 0 Å². The van der Waals surface area contributed by atoms with Gasteiger partial charge in [-0.3, -0.25) is 0 Å². The normalized spacial score (nSPS) is 10.7. The number of benzene rings is 2.